The number of amides is 1. The van der Waals surface area contributed by atoms with Crippen molar-refractivity contribution in [2.45, 2.75) is 38.6 Å². The number of nitrogens with one attached hydrogen (secondary N) is 1. The molecule has 0 radical (unpaired) electrons. The van der Waals surface area contributed by atoms with Gasteiger partial charge in [-0.05, 0) is 54.2 Å². The minimum atomic E-state index is -0.266. The van der Waals surface area contributed by atoms with Crippen LogP contribution in [0.25, 0.3) is 22.3 Å². The number of pyridine rings is 1. The standard InChI is InChI=1S/C23H22ClN5O2S/c24-19-11-18-21(27-23(31)16-12-25-32-13-16)28-29(10-2-1-3-14-4-5-14)22(18)26-20(19)15-6-8-17(30)9-7-15/h6-9,11-14,30H,1-5,10H2,(H,27,28,31). The van der Waals surface area contributed by atoms with Crippen LogP contribution >= 0.6 is 23.1 Å². The van der Waals surface area contributed by atoms with Crippen LogP contribution in [-0.4, -0.2) is 30.2 Å². The van der Waals surface area contributed by atoms with E-state index >= 15 is 0 Å². The van der Waals surface area contributed by atoms with Crippen molar-refractivity contribution in [3.8, 4) is 17.0 Å². The Morgan fingerprint density at radius 2 is 2.06 bits per heavy atom. The Morgan fingerprint density at radius 3 is 2.78 bits per heavy atom. The molecule has 1 aliphatic rings. The van der Waals surface area contributed by atoms with E-state index in [1.807, 2.05) is 4.68 Å². The van der Waals surface area contributed by atoms with Crippen LogP contribution in [0.3, 0.4) is 0 Å². The van der Waals surface area contributed by atoms with Crippen molar-refractivity contribution < 1.29 is 9.90 Å². The van der Waals surface area contributed by atoms with Gasteiger partial charge in [-0.1, -0.05) is 37.3 Å². The molecule has 1 saturated carbocycles. The van der Waals surface area contributed by atoms with Crippen LogP contribution in [0.2, 0.25) is 5.02 Å². The Morgan fingerprint density at radius 1 is 1.25 bits per heavy atom. The third-order valence-electron chi connectivity index (χ3n) is 5.67. The van der Waals surface area contributed by atoms with E-state index in [0.29, 0.717) is 39.7 Å². The quantitative estimate of drug-likeness (QED) is 0.322. The van der Waals surface area contributed by atoms with E-state index < -0.39 is 0 Å². The van der Waals surface area contributed by atoms with Crippen molar-refractivity contribution >= 4 is 45.9 Å². The maximum Gasteiger partial charge on any atom is 0.259 e. The van der Waals surface area contributed by atoms with E-state index in [2.05, 4.69) is 14.8 Å². The van der Waals surface area contributed by atoms with E-state index in [1.165, 1.54) is 37.0 Å². The number of fused-ring (bicyclic) bond motifs is 1. The van der Waals surface area contributed by atoms with Gasteiger partial charge in [-0.25, -0.2) is 14.0 Å². The summed E-state index contributed by atoms with van der Waals surface area (Å²) in [5.41, 5.74) is 2.56. The van der Waals surface area contributed by atoms with Gasteiger partial charge in [0.2, 0.25) is 0 Å². The second-order valence-corrected chi connectivity index (χ2v) is 9.18. The summed E-state index contributed by atoms with van der Waals surface area (Å²) in [4.78, 5) is 17.4. The van der Waals surface area contributed by atoms with Crippen LogP contribution in [0.1, 0.15) is 42.5 Å². The Hall–Kier alpha value is -2.97. The first-order valence-corrected chi connectivity index (χ1v) is 11.9. The van der Waals surface area contributed by atoms with Gasteiger partial charge in [-0.3, -0.25) is 4.79 Å². The predicted molar refractivity (Wildman–Crippen MR) is 126 cm³/mol. The van der Waals surface area contributed by atoms with E-state index in [4.69, 9.17) is 16.6 Å². The van der Waals surface area contributed by atoms with Gasteiger partial charge < -0.3 is 10.4 Å². The molecular weight excluding hydrogens is 446 g/mol. The van der Waals surface area contributed by atoms with E-state index in [1.54, 1.807) is 35.7 Å². The van der Waals surface area contributed by atoms with E-state index in [-0.39, 0.29) is 11.7 Å². The minimum Gasteiger partial charge on any atom is -0.508 e. The molecule has 1 aliphatic carbocycles. The lowest BCUT2D eigenvalue weighted by Crippen LogP contribution is -2.12. The normalized spacial score (nSPS) is 13.5. The monoisotopic (exact) mass is 467 g/mol. The van der Waals surface area contributed by atoms with Crippen molar-refractivity contribution in [2.24, 2.45) is 5.92 Å². The number of carbonyl (C=O) groups is 1. The number of anilines is 1. The first kappa shape index (κ1) is 20.9. The molecule has 0 bridgehead atoms. The van der Waals surface area contributed by atoms with Crippen LogP contribution in [0.15, 0.2) is 41.9 Å². The van der Waals surface area contributed by atoms with Gasteiger partial charge in [0, 0.05) is 17.5 Å². The van der Waals surface area contributed by atoms with E-state index in [0.717, 1.165) is 24.3 Å². The molecule has 3 heterocycles. The van der Waals surface area contributed by atoms with Crippen molar-refractivity contribution in [3.05, 3.63) is 52.5 Å². The fraction of sp³-hybridized carbons (Fsp3) is 0.304. The number of halogens is 1. The largest absolute Gasteiger partial charge is 0.508 e. The number of aromatic nitrogens is 4. The van der Waals surface area contributed by atoms with Crippen molar-refractivity contribution in [1.29, 1.82) is 0 Å². The van der Waals surface area contributed by atoms with Crippen LogP contribution in [-0.2, 0) is 6.54 Å². The average molecular weight is 468 g/mol. The number of phenolic OH excluding ortho intramolecular Hbond substituents is 1. The number of phenols is 1. The van der Waals surface area contributed by atoms with Crippen LogP contribution < -0.4 is 5.32 Å². The fourth-order valence-electron chi connectivity index (χ4n) is 3.74. The van der Waals surface area contributed by atoms with Crippen molar-refractivity contribution in [2.75, 3.05) is 5.32 Å². The third-order valence-corrected chi connectivity index (χ3v) is 6.55. The molecule has 3 aromatic heterocycles. The van der Waals surface area contributed by atoms with Crippen LogP contribution in [0, 0.1) is 5.92 Å². The summed E-state index contributed by atoms with van der Waals surface area (Å²) in [6, 6.07) is 8.55. The molecule has 0 saturated heterocycles. The number of nitrogens with zero attached hydrogens (tertiary/aromatic N) is 4. The third kappa shape index (κ3) is 4.47. The molecule has 0 atom stereocenters. The number of hydrogen-bond acceptors (Lipinski definition) is 6. The molecule has 0 spiro atoms. The molecule has 1 amide bonds. The summed E-state index contributed by atoms with van der Waals surface area (Å²) in [6.07, 6.45) is 7.64. The van der Waals surface area contributed by atoms with Crippen LogP contribution in [0.4, 0.5) is 5.82 Å². The lowest BCUT2D eigenvalue weighted by atomic mass is 10.1. The lowest BCUT2D eigenvalue weighted by Gasteiger charge is -2.07. The molecule has 9 heteroatoms. The number of aryl methyl sites for hydroxylation is 1. The molecule has 164 valence electrons. The number of carbonyl (C=O) groups excluding carboxylic acids is 1. The molecule has 7 nitrogen and oxygen atoms in total. The fourth-order valence-corrected chi connectivity index (χ4v) is 4.52. The Bertz CT molecular complexity index is 1250. The molecule has 4 aromatic rings. The average Bonchev–Trinajstić information content (AvgIpc) is 3.33. The van der Waals surface area contributed by atoms with Gasteiger partial charge in [0.1, 0.15) is 5.75 Å². The Kier molecular flexibility index (Phi) is 5.80. The SMILES string of the molecule is O=C(Nc1nn(CCCCC2CC2)c2nc(-c3ccc(O)cc3)c(Cl)cc12)c1cnsc1. The molecule has 1 aromatic carbocycles. The second kappa shape index (κ2) is 8.88. The first-order chi connectivity index (χ1) is 15.6. The molecule has 5 rings (SSSR count). The topological polar surface area (TPSA) is 92.9 Å². The van der Waals surface area contributed by atoms with Gasteiger partial charge in [0.05, 0.1) is 27.9 Å². The van der Waals surface area contributed by atoms with Crippen LogP contribution in [0.5, 0.6) is 5.75 Å². The maximum absolute atomic E-state index is 12.6. The zero-order valence-electron chi connectivity index (χ0n) is 17.3. The number of hydrogen-bond donors (Lipinski definition) is 2. The summed E-state index contributed by atoms with van der Waals surface area (Å²) < 4.78 is 5.84. The summed E-state index contributed by atoms with van der Waals surface area (Å²) in [6.45, 7) is 0.711. The maximum atomic E-state index is 12.6. The molecule has 0 unspecified atom stereocenters. The predicted octanol–water partition coefficient (Wildman–Crippen LogP) is 5.75. The number of benzene rings is 1. The summed E-state index contributed by atoms with van der Waals surface area (Å²) in [5.74, 6) is 1.25. The Labute approximate surface area is 194 Å². The molecule has 32 heavy (non-hydrogen) atoms. The number of rotatable bonds is 8. The van der Waals surface area contributed by atoms with Gasteiger partial charge in [0.15, 0.2) is 11.5 Å². The zero-order valence-corrected chi connectivity index (χ0v) is 18.9. The summed E-state index contributed by atoms with van der Waals surface area (Å²) in [7, 11) is 0. The van der Waals surface area contributed by atoms with Gasteiger partial charge in [0.25, 0.3) is 5.91 Å². The first-order valence-electron chi connectivity index (χ1n) is 10.7. The van der Waals surface area contributed by atoms with Crippen molar-refractivity contribution in [3.63, 3.8) is 0 Å². The summed E-state index contributed by atoms with van der Waals surface area (Å²) in [5, 5.41) is 20.0. The zero-order chi connectivity index (χ0) is 22.1. The van der Waals surface area contributed by atoms with E-state index in [9.17, 15) is 9.90 Å². The minimum absolute atomic E-state index is 0.180. The summed E-state index contributed by atoms with van der Waals surface area (Å²) >= 11 is 7.80. The van der Waals surface area contributed by atoms with Crippen molar-refractivity contribution in [1.82, 2.24) is 19.1 Å². The molecular formula is C23H22ClN5O2S. The van der Waals surface area contributed by atoms with Gasteiger partial charge in [-0.2, -0.15) is 5.10 Å². The molecule has 2 N–H and O–H groups in total. The highest BCUT2D eigenvalue weighted by Gasteiger charge is 2.21. The number of unbranched alkanes of at least 4 members (excludes halogenated alkanes) is 1. The highest BCUT2D eigenvalue weighted by Crippen LogP contribution is 2.35. The van der Waals surface area contributed by atoms with Gasteiger partial charge in [-0.15, -0.1) is 0 Å². The highest BCUT2D eigenvalue weighted by atomic mass is 35.5. The Balaban J connectivity index is 1.49. The number of aromatic hydroxyl groups is 1. The smallest absolute Gasteiger partial charge is 0.259 e. The second-order valence-electron chi connectivity index (χ2n) is 8.11. The molecule has 0 aliphatic heterocycles. The highest BCUT2D eigenvalue weighted by molar-refractivity contribution is 7.03. The molecule has 1 fully saturated rings. The lowest BCUT2D eigenvalue weighted by molar-refractivity contribution is 0.102. The van der Waals surface area contributed by atoms with Gasteiger partial charge >= 0.3 is 0 Å².